The second-order valence-corrected chi connectivity index (χ2v) is 8.51. The average Bonchev–Trinajstić information content (AvgIpc) is 2.66. The summed E-state index contributed by atoms with van der Waals surface area (Å²) in [5.41, 5.74) is 0.867. The van der Waals surface area contributed by atoms with Crippen molar-refractivity contribution in [3.63, 3.8) is 0 Å². The van der Waals surface area contributed by atoms with E-state index in [2.05, 4.69) is 0 Å². The molecule has 0 aromatic heterocycles. The van der Waals surface area contributed by atoms with Crippen LogP contribution in [0.1, 0.15) is 18.4 Å². The number of rotatable bonds is 9. The van der Waals surface area contributed by atoms with Crippen molar-refractivity contribution in [2.45, 2.75) is 19.4 Å². The molecule has 6 nitrogen and oxygen atoms in total. The van der Waals surface area contributed by atoms with Gasteiger partial charge >= 0.3 is 0 Å². The molecule has 0 fully saturated rings. The number of carbonyl (C=O) groups excluding carboxylic acids is 1. The molecule has 0 aliphatic rings. The maximum Gasteiger partial charge on any atom is 0.232 e. The molecular weight excluding hydrogens is 402 g/mol. The van der Waals surface area contributed by atoms with Gasteiger partial charge in [0, 0.05) is 38.2 Å². The summed E-state index contributed by atoms with van der Waals surface area (Å²) in [5.74, 6) is -1.69. The minimum Gasteiger partial charge on any atom is -0.496 e. The number of nitrogens with zero attached hydrogens (tertiary/aromatic N) is 2. The van der Waals surface area contributed by atoms with Crippen molar-refractivity contribution in [3.05, 3.63) is 59.7 Å². The van der Waals surface area contributed by atoms with E-state index in [1.54, 1.807) is 20.2 Å². The Morgan fingerprint density at radius 1 is 1.10 bits per heavy atom. The zero-order valence-corrected chi connectivity index (χ0v) is 17.4. The molecular formula is C20H24F2N2O4S. The molecule has 0 heterocycles. The van der Waals surface area contributed by atoms with Crippen LogP contribution in [0.4, 0.5) is 14.5 Å². The largest absolute Gasteiger partial charge is 0.496 e. The minimum absolute atomic E-state index is 0.0150. The number of methoxy groups -OCH3 is 1. The number of sulfonamides is 1. The lowest BCUT2D eigenvalue weighted by molar-refractivity contribution is -0.130. The van der Waals surface area contributed by atoms with Crippen LogP contribution in [0, 0.1) is 11.6 Å². The van der Waals surface area contributed by atoms with Gasteiger partial charge in [0.1, 0.15) is 5.75 Å². The zero-order chi connectivity index (χ0) is 21.6. The van der Waals surface area contributed by atoms with Gasteiger partial charge in [-0.25, -0.2) is 17.2 Å². The number of anilines is 1. The molecule has 1 amide bonds. The highest BCUT2D eigenvalue weighted by Gasteiger charge is 2.20. The van der Waals surface area contributed by atoms with E-state index in [1.807, 2.05) is 18.2 Å². The van der Waals surface area contributed by atoms with Crippen LogP contribution in [0.5, 0.6) is 5.75 Å². The number of hydrogen-bond acceptors (Lipinski definition) is 4. The van der Waals surface area contributed by atoms with E-state index in [0.29, 0.717) is 12.3 Å². The fourth-order valence-corrected chi connectivity index (χ4v) is 3.83. The van der Waals surface area contributed by atoms with Crippen molar-refractivity contribution >= 4 is 21.6 Å². The molecule has 0 spiro atoms. The van der Waals surface area contributed by atoms with Gasteiger partial charge in [-0.1, -0.05) is 18.2 Å². The van der Waals surface area contributed by atoms with Crippen LogP contribution in [-0.2, 0) is 21.4 Å². The zero-order valence-electron chi connectivity index (χ0n) is 16.6. The predicted octanol–water partition coefficient (Wildman–Crippen LogP) is 3.18. The molecule has 9 heteroatoms. The predicted molar refractivity (Wildman–Crippen MR) is 107 cm³/mol. The molecule has 0 N–H and O–H groups in total. The molecule has 158 valence electrons. The molecule has 0 bridgehead atoms. The fourth-order valence-electron chi connectivity index (χ4n) is 2.87. The Labute approximate surface area is 169 Å². The van der Waals surface area contributed by atoms with Crippen LogP contribution in [0.15, 0.2) is 42.5 Å². The van der Waals surface area contributed by atoms with E-state index in [4.69, 9.17) is 4.74 Å². The first-order valence-electron chi connectivity index (χ1n) is 8.92. The van der Waals surface area contributed by atoms with Crippen LogP contribution < -0.4 is 9.04 Å². The second-order valence-electron chi connectivity index (χ2n) is 6.60. The summed E-state index contributed by atoms with van der Waals surface area (Å²) in [6.45, 7) is 0.319. The molecule has 29 heavy (non-hydrogen) atoms. The number of amides is 1. The third kappa shape index (κ3) is 6.15. The van der Waals surface area contributed by atoms with E-state index in [0.717, 1.165) is 28.3 Å². The average molecular weight is 426 g/mol. The highest BCUT2D eigenvalue weighted by molar-refractivity contribution is 7.92. The van der Waals surface area contributed by atoms with Crippen molar-refractivity contribution in [1.29, 1.82) is 0 Å². The Kier molecular flexibility index (Phi) is 7.55. The molecule has 0 saturated heterocycles. The first-order valence-corrected chi connectivity index (χ1v) is 10.8. The highest BCUT2D eigenvalue weighted by Crippen LogP contribution is 2.22. The van der Waals surface area contributed by atoms with Gasteiger partial charge in [0.2, 0.25) is 15.9 Å². The SMILES string of the molecule is COc1ccccc1CN(C)C(=O)CCCN(c1ccc(F)c(F)c1)S(C)(=O)=O. The standard InChI is InChI=1S/C20H24F2N2O4S/c1-23(14-15-7-4-5-8-19(15)28-2)20(25)9-6-12-24(29(3,26)27)16-10-11-17(21)18(22)13-16/h4-5,7-8,10-11,13H,6,9,12,14H2,1-3H3. The molecule has 0 saturated carbocycles. The Bertz CT molecular complexity index is 967. The lowest BCUT2D eigenvalue weighted by Crippen LogP contribution is -2.32. The molecule has 2 aromatic carbocycles. The third-order valence-corrected chi connectivity index (χ3v) is 5.56. The maximum atomic E-state index is 13.5. The summed E-state index contributed by atoms with van der Waals surface area (Å²) in [7, 11) is -0.515. The molecule has 2 aromatic rings. The van der Waals surface area contributed by atoms with Crippen molar-refractivity contribution in [2.75, 3.05) is 31.3 Å². The Hall–Kier alpha value is -2.68. The van der Waals surface area contributed by atoms with E-state index >= 15 is 0 Å². The first kappa shape index (κ1) is 22.6. The number of para-hydroxylation sites is 1. The van der Waals surface area contributed by atoms with Crippen molar-refractivity contribution in [1.82, 2.24) is 4.90 Å². The Balaban J connectivity index is 1.99. The number of hydrogen-bond donors (Lipinski definition) is 0. The minimum atomic E-state index is -3.72. The summed E-state index contributed by atoms with van der Waals surface area (Å²) >= 11 is 0. The van der Waals surface area contributed by atoms with Gasteiger partial charge in [0.25, 0.3) is 0 Å². The highest BCUT2D eigenvalue weighted by atomic mass is 32.2. The summed E-state index contributed by atoms with van der Waals surface area (Å²) in [4.78, 5) is 13.9. The Morgan fingerprint density at radius 3 is 2.41 bits per heavy atom. The molecule has 0 aliphatic heterocycles. The van der Waals surface area contributed by atoms with Crippen LogP contribution in [0.25, 0.3) is 0 Å². The fraction of sp³-hybridized carbons (Fsp3) is 0.350. The van der Waals surface area contributed by atoms with E-state index in [9.17, 15) is 22.0 Å². The number of benzene rings is 2. The third-order valence-electron chi connectivity index (χ3n) is 4.37. The van der Waals surface area contributed by atoms with E-state index < -0.39 is 21.7 Å². The number of ether oxygens (including phenoxy) is 1. The van der Waals surface area contributed by atoms with Crippen LogP contribution >= 0.6 is 0 Å². The van der Waals surface area contributed by atoms with Gasteiger partial charge in [-0.15, -0.1) is 0 Å². The van der Waals surface area contributed by atoms with Crippen molar-refractivity contribution in [3.8, 4) is 5.75 Å². The number of halogens is 2. The maximum absolute atomic E-state index is 13.5. The summed E-state index contributed by atoms with van der Waals surface area (Å²) in [5, 5.41) is 0. The summed E-state index contributed by atoms with van der Waals surface area (Å²) < 4.78 is 57.0. The van der Waals surface area contributed by atoms with Gasteiger partial charge in [-0.3, -0.25) is 9.10 Å². The topological polar surface area (TPSA) is 66.9 Å². The smallest absolute Gasteiger partial charge is 0.232 e. The molecule has 0 radical (unpaired) electrons. The summed E-state index contributed by atoms with van der Waals surface area (Å²) in [6, 6.07) is 10.2. The van der Waals surface area contributed by atoms with E-state index in [-0.39, 0.29) is 31.0 Å². The van der Waals surface area contributed by atoms with Gasteiger partial charge in [0.15, 0.2) is 11.6 Å². The van der Waals surface area contributed by atoms with Crippen LogP contribution in [0.2, 0.25) is 0 Å². The lowest BCUT2D eigenvalue weighted by atomic mass is 10.2. The first-order chi connectivity index (χ1) is 13.6. The van der Waals surface area contributed by atoms with E-state index in [1.165, 1.54) is 11.0 Å². The van der Waals surface area contributed by atoms with Crippen LogP contribution in [-0.4, -0.2) is 46.2 Å². The molecule has 2 rings (SSSR count). The van der Waals surface area contributed by atoms with Crippen molar-refractivity contribution < 1.29 is 26.7 Å². The van der Waals surface area contributed by atoms with Gasteiger partial charge < -0.3 is 9.64 Å². The second kappa shape index (κ2) is 9.69. The van der Waals surface area contributed by atoms with Crippen molar-refractivity contribution in [2.24, 2.45) is 0 Å². The molecule has 0 atom stereocenters. The normalized spacial score (nSPS) is 11.2. The Morgan fingerprint density at radius 2 is 1.79 bits per heavy atom. The molecule has 0 unspecified atom stereocenters. The monoisotopic (exact) mass is 426 g/mol. The van der Waals surface area contributed by atoms with Gasteiger partial charge in [-0.2, -0.15) is 0 Å². The molecule has 0 aliphatic carbocycles. The number of carbonyl (C=O) groups is 1. The lowest BCUT2D eigenvalue weighted by Gasteiger charge is -2.23. The quantitative estimate of drug-likeness (QED) is 0.618. The van der Waals surface area contributed by atoms with Gasteiger partial charge in [-0.05, 0) is 24.6 Å². The van der Waals surface area contributed by atoms with Crippen LogP contribution in [0.3, 0.4) is 0 Å². The summed E-state index contributed by atoms with van der Waals surface area (Å²) in [6.07, 6.45) is 1.30. The van der Waals surface area contributed by atoms with Gasteiger partial charge in [0.05, 0.1) is 19.1 Å².